The zero-order valence-electron chi connectivity index (χ0n) is 20.5. The molecule has 3 aromatic carbocycles. The summed E-state index contributed by atoms with van der Waals surface area (Å²) < 4.78 is 13.3. The van der Waals surface area contributed by atoms with Gasteiger partial charge in [-0.25, -0.2) is 0 Å². The van der Waals surface area contributed by atoms with E-state index in [1.807, 2.05) is 91.0 Å². The van der Waals surface area contributed by atoms with E-state index in [0.717, 1.165) is 16.7 Å². The lowest BCUT2D eigenvalue weighted by molar-refractivity contribution is -0.137. The Bertz CT molecular complexity index is 1160. The molecule has 0 fully saturated rings. The van der Waals surface area contributed by atoms with E-state index in [1.54, 1.807) is 0 Å². The first-order chi connectivity index (χ1) is 17.2. The Kier molecular flexibility index (Phi) is 12.2. The molecule has 0 aliphatic heterocycles. The maximum atomic E-state index is 13.4. The molecule has 0 aromatic heterocycles. The van der Waals surface area contributed by atoms with Crippen LogP contribution >= 0.6 is 24.4 Å². The van der Waals surface area contributed by atoms with E-state index >= 15 is 0 Å². The second kappa shape index (κ2) is 14.8. The van der Waals surface area contributed by atoms with Crippen molar-refractivity contribution in [1.82, 2.24) is 5.32 Å². The molecule has 1 amide bonds. The molecule has 7 nitrogen and oxygen atoms in total. The number of amides is 1. The minimum absolute atomic E-state index is 0. The highest BCUT2D eigenvalue weighted by Crippen LogP contribution is 2.47. The number of nitrogens with two attached hydrogens (primary N) is 1. The van der Waals surface area contributed by atoms with E-state index in [-0.39, 0.29) is 42.4 Å². The van der Waals surface area contributed by atoms with E-state index in [9.17, 15) is 24.2 Å². The van der Waals surface area contributed by atoms with Crippen LogP contribution in [0.15, 0.2) is 91.0 Å². The summed E-state index contributed by atoms with van der Waals surface area (Å²) >= 11 is 0. The Balaban J connectivity index is 0.00000481. The summed E-state index contributed by atoms with van der Waals surface area (Å²) in [6.07, 6.45) is 0.224. The highest BCUT2D eigenvalue weighted by Gasteiger charge is 2.35. The number of carbonyl (C=O) groups is 2. The number of halogens is 1. The molecule has 4 atom stereocenters. The Morgan fingerprint density at radius 3 is 1.68 bits per heavy atom. The Labute approximate surface area is 228 Å². The number of nitrogens with one attached hydrogen (secondary N) is 1. The first kappa shape index (κ1) is 30.5. The van der Waals surface area contributed by atoms with Gasteiger partial charge in [0, 0.05) is 12.2 Å². The van der Waals surface area contributed by atoms with Crippen molar-refractivity contribution < 1.29 is 24.2 Å². The molecule has 0 heterocycles. The third kappa shape index (κ3) is 10.3. The lowest BCUT2D eigenvalue weighted by atomic mass is 9.98. The van der Waals surface area contributed by atoms with Crippen molar-refractivity contribution in [3.8, 4) is 0 Å². The number of carboxylic acids is 1. The van der Waals surface area contributed by atoms with Gasteiger partial charge in [0.15, 0.2) is 0 Å². The average molecular weight is 589 g/mol. The first-order valence-corrected chi connectivity index (χ1v) is 13.9. The predicted octanol–water partition coefficient (Wildman–Crippen LogP) is 4.42. The second-order valence-electron chi connectivity index (χ2n) is 9.08. The molecule has 5 N–H and O–H groups in total. The summed E-state index contributed by atoms with van der Waals surface area (Å²) in [4.78, 5) is 35.8. The molecule has 3 unspecified atom stereocenters. The quantitative estimate of drug-likeness (QED) is 0.219. The third-order valence-corrected chi connectivity index (χ3v) is 8.26. The average Bonchev–Trinajstić information content (AvgIpc) is 2.85. The normalized spacial score (nSPS) is 14.9. The van der Waals surface area contributed by atoms with Gasteiger partial charge in [0.2, 0.25) is 13.3 Å². The van der Waals surface area contributed by atoms with Crippen LogP contribution in [0.4, 0.5) is 0 Å². The van der Waals surface area contributed by atoms with Gasteiger partial charge >= 0.3 is 5.97 Å². The van der Waals surface area contributed by atoms with Crippen molar-refractivity contribution in [3.63, 3.8) is 0 Å². The van der Waals surface area contributed by atoms with Crippen molar-refractivity contribution in [3.05, 3.63) is 108 Å². The number of aliphatic carboxylic acids is 1. The standard InChI is InChI=1S/C28H33N2O5P.BrH/c29-26(18-23-14-8-3-9-15-23)36(34,35)20-24(16-21-10-4-1-5-11-21)28(33)30-25(19-27(31)32)17-22-12-6-2-7-13-22;/h1-15,24-26H,16-20,29H2,(H,30,33)(H,31,32)(H,34,35);1H/t24?,25-,26?;/m0./s1. The van der Waals surface area contributed by atoms with Gasteiger partial charge in [0.25, 0.3) is 0 Å². The van der Waals surface area contributed by atoms with Crippen LogP contribution in [0.3, 0.4) is 0 Å². The largest absolute Gasteiger partial charge is 0.481 e. The van der Waals surface area contributed by atoms with E-state index in [1.165, 1.54) is 0 Å². The van der Waals surface area contributed by atoms with Crippen molar-refractivity contribution in [2.24, 2.45) is 11.7 Å². The summed E-state index contributed by atoms with van der Waals surface area (Å²) in [5.74, 6) is -3.36. The van der Waals surface area contributed by atoms with Gasteiger partial charge in [0.1, 0.15) is 0 Å². The van der Waals surface area contributed by atoms with E-state index in [4.69, 9.17) is 5.73 Å². The number of benzene rings is 3. The Hall–Kier alpha value is -2.77. The van der Waals surface area contributed by atoms with Gasteiger partial charge in [-0.1, -0.05) is 91.0 Å². The predicted molar refractivity (Wildman–Crippen MR) is 151 cm³/mol. The van der Waals surface area contributed by atoms with Gasteiger partial charge in [-0.05, 0) is 36.0 Å². The fourth-order valence-electron chi connectivity index (χ4n) is 4.19. The maximum Gasteiger partial charge on any atom is 0.305 e. The summed E-state index contributed by atoms with van der Waals surface area (Å²) in [5.41, 5.74) is 8.74. The van der Waals surface area contributed by atoms with E-state index in [2.05, 4.69) is 5.32 Å². The zero-order valence-corrected chi connectivity index (χ0v) is 23.1. The Morgan fingerprint density at radius 1 is 0.784 bits per heavy atom. The maximum absolute atomic E-state index is 13.4. The van der Waals surface area contributed by atoms with Gasteiger partial charge < -0.3 is 21.1 Å². The van der Waals surface area contributed by atoms with Crippen LogP contribution in [0.1, 0.15) is 23.1 Å². The summed E-state index contributed by atoms with van der Waals surface area (Å²) in [7, 11) is -3.93. The van der Waals surface area contributed by atoms with E-state index in [0.29, 0.717) is 6.42 Å². The van der Waals surface area contributed by atoms with Crippen LogP contribution in [0.2, 0.25) is 0 Å². The van der Waals surface area contributed by atoms with Gasteiger partial charge in [0.05, 0.1) is 18.1 Å². The number of carboxylic acid groups (broad SMARTS) is 1. The molecule has 37 heavy (non-hydrogen) atoms. The minimum atomic E-state index is -3.93. The van der Waals surface area contributed by atoms with Crippen LogP contribution in [0.5, 0.6) is 0 Å². The number of rotatable bonds is 13. The Morgan fingerprint density at radius 2 is 1.22 bits per heavy atom. The second-order valence-corrected chi connectivity index (χ2v) is 11.6. The SMILES string of the molecule is Br.NC(Cc1ccccc1)P(=O)(O)CC(Cc1ccccc1)C(=O)N[C@H](CC(=O)O)Cc1ccccc1. The molecule has 0 saturated heterocycles. The summed E-state index contributed by atoms with van der Waals surface area (Å²) in [5, 5.41) is 12.2. The highest BCUT2D eigenvalue weighted by molar-refractivity contribution is 8.93. The molecule has 3 rings (SSSR count). The molecule has 0 spiro atoms. The number of hydrogen-bond donors (Lipinski definition) is 4. The van der Waals surface area contributed by atoms with Crippen LogP contribution in [0, 0.1) is 5.92 Å². The minimum Gasteiger partial charge on any atom is -0.481 e. The van der Waals surface area contributed by atoms with Crippen molar-refractivity contribution >= 4 is 36.2 Å². The molecule has 0 aliphatic rings. The van der Waals surface area contributed by atoms with Crippen LogP contribution in [-0.4, -0.2) is 39.9 Å². The van der Waals surface area contributed by atoms with Gasteiger partial charge in [-0.3, -0.25) is 14.2 Å². The summed E-state index contributed by atoms with van der Waals surface area (Å²) in [6, 6.07) is 27.1. The number of carbonyl (C=O) groups excluding carboxylic acids is 1. The van der Waals surface area contributed by atoms with Crippen molar-refractivity contribution in [1.29, 1.82) is 0 Å². The lowest BCUT2D eigenvalue weighted by Crippen LogP contribution is -2.43. The van der Waals surface area contributed by atoms with Crippen LogP contribution < -0.4 is 11.1 Å². The molecule has 3 aromatic rings. The fraction of sp³-hybridized carbons (Fsp3) is 0.286. The molecule has 198 valence electrons. The molecular weight excluding hydrogens is 555 g/mol. The third-order valence-electron chi connectivity index (χ3n) is 6.08. The van der Waals surface area contributed by atoms with Gasteiger partial charge in [-0.2, -0.15) is 0 Å². The topological polar surface area (TPSA) is 130 Å². The van der Waals surface area contributed by atoms with Crippen LogP contribution in [0.25, 0.3) is 0 Å². The molecular formula is C28H34BrN2O5P. The number of hydrogen-bond acceptors (Lipinski definition) is 4. The summed E-state index contributed by atoms with van der Waals surface area (Å²) in [6.45, 7) is 0. The lowest BCUT2D eigenvalue weighted by Gasteiger charge is -2.26. The molecule has 0 aliphatic carbocycles. The van der Waals surface area contributed by atoms with Crippen molar-refractivity contribution in [2.75, 3.05) is 6.16 Å². The van der Waals surface area contributed by atoms with E-state index < -0.39 is 37.0 Å². The zero-order chi connectivity index (χ0) is 26.0. The van der Waals surface area contributed by atoms with Crippen molar-refractivity contribution in [2.45, 2.75) is 37.5 Å². The highest BCUT2D eigenvalue weighted by atomic mass is 79.9. The molecule has 0 saturated carbocycles. The first-order valence-electron chi connectivity index (χ1n) is 11.9. The fourth-order valence-corrected chi connectivity index (χ4v) is 5.88. The smallest absolute Gasteiger partial charge is 0.305 e. The molecule has 0 bridgehead atoms. The van der Waals surface area contributed by atoms with Crippen LogP contribution in [-0.2, 0) is 33.4 Å². The molecule has 0 radical (unpaired) electrons. The van der Waals surface area contributed by atoms with Gasteiger partial charge in [-0.15, -0.1) is 17.0 Å². The monoisotopic (exact) mass is 588 g/mol. The molecule has 9 heteroatoms.